The number of pyridine rings is 1. The molecule has 3 aromatic heterocycles. The zero-order valence-electron chi connectivity index (χ0n) is 19.7. The number of anilines is 1. The summed E-state index contributed by atoms with van der Waals surface area (Å²) >= 11 is 0. The van der Waals surface area contributed by atoms with Crippen molar-refractivity contribution in [1.82, 2.24) is 34.3 Å². The van der Waals surface area contributed by atoms with Crippen LogP contribution in [-0.2, 0) is 21.2 Å². The zero-order chi connectivity index (χ0) is 25.4. The average molecular weight is 513 g/mol. The lowest BCUT2D eigenvalue weighted by atomic mass is 10.1. The lowest BCUT2D eigenvalue weighted by Gasteiger charge is -2.35. The van der Waals surface area contributed by atoms with E-state index in [9.17, 15) is 18.4 Å². The van der Waals surface area contributed by atoms with Crippen molar-refractivity contribution in [3.8, 4) is 11.1 Å². The smallest absolute Gasteiger partial charge is 0.233 e. The number of sulfonamides is 1. The third kappa shape index (κ3) is 6.56. The number of amides is 1. The van der Waals surface area contributed by atoms with Crippen molar-refractivity contribution in [3.63, 3.8) is 0 Å². The highest BCUT2D eigenvalue weighted by atomic mass is 32.2. The van der Waals surface area contributed by atoms with Gasteiger partial charge in [-0.2, -0.15) is 4.31 Å². The fourth-order valence-corrected chi connectivity index (χ4v) is 5.75. The first-order chi connectivity index (χ1) is 17.5. The molecule has 1 N–H and O–H groups in total. The minimum Gasteiger partial charge on any atom is -0.338 e. The van der Waals surface area contributed by atoms with Gasteiger partial charge in [-0.1, -0.05) is 6.07 Å². The Morgan fingerprint density at radius 3 is 2.33 bits per heavy atom. The Kier molecular flexibility index (Phi) is 8.46. The third-order valence-electron chi connectivity index (χ3n) is 5.99. The molecule has 0 radical (unpaired) electrons. The Hall–Kier alpha value is -3.55. The first-order valence-electron chi connectivity index (χ1n) is 11.6. The maximum Gasteiger partial charge on any atom is 0.233 e. The Labute approximate surface area is 209 Å². The fourth-order valence-electron chi connectivity index (χ4n) is 4.01. The number of rotatable bonds is 11. The van der Waals surface area contributed by atoms with Crippen LogP contribution < -0.4 is 4.90 Å². The van der Waals surface area contributed by atoms with Crippen LogP contribution in [0.25, 0.3) is 11.1 Å². The number of hydrogen-bond acceptors (Lipinski definition) is 10. The van der Waals surface area contributed by atoms with Crippen molar-refractivity contribution in [2.24, 2.45) is 0 Å². The molecule has 0 spiro atoms. The summed E-state index contributed by atoms with van der Waals surface area (Å²) in [6.07, 6.45) is 11.7. The summed E-state index contributed by atoms with van der Waals surface area (Å²) < 4.78 is 27.6. The number of hydroxylamine groups is 2. The van der Waals surface area contributed by atoms with Crippen molar-refractivity contribution >= 4 is 22.4 Å². The number of hydrogen-bond donors (Lipinski definition) is 1. The zero-order valence-corrected chi connectivity index (χ0v) is 20.5. The van der Waals surface area contributed by atoms with Gasteiger partial charge < -0.3 is 4.90 Å². The molecule has 36 heavy (non-hydrogen) atoms. The van der Waals surface area contributed by atoms with E-state index in [1.807, 2.05) is 17.0 Å². The van der Waals surface area contributed by atoms with Crippen LogP contribution in [0.4, 0.5) is 5.95 Å². The highest BCUT2D eigenvalue weighted by Crippen LogP contribution is 2.20. The predicted molar refractivity (Wildman–Crippen MR) is 131 cm³/mol. The Morgan fingerprint density at radius 2 is 1.69 bits per heavy atom. The molecule has 4 heterocycles. The Balaban J connectivity index is 1.32. The normalized spacial score (nSPS) is 15.4. The van der Waals surface area contributed by atoms with Gasteiger partial charge in [0.25, 0.3) is 0 Å². The topological polar surface area (TPSA) is 146 Å². The van der Waals surface area contributed by atoms with E-state index in [1.54, 1.807) is 43.2 Å². The Morgan fingerprint density at radius 1 is 0.972 bits per heavy atom. The van der Waals surface area contributed by atoms with E-state index < -0.39 is 16.1 Å². The summed E-state index contributed by atoms with van der Waals surface area (Å²) in [6.45, 7) is 1.37. The molecule has 4 rings (SSSR count). The summed E-state index contributed by atoms with van der Waals surface area (Å²) in [6, 6.07) is 4.62. The first-order valence-corrected chi connectivity index (χ1v) is 13.2. The maximum atomic E-state index is 13.1. The number of nitrogens with zero attached hydrogens (tertiary/aromatic N) is 8. The summed E-state index contributed by atoms with van der Waals surface area (Å²) in [5, 5.41) is 10.4. The molecule has 0 bridgehead atoms. The number of aryl methyl sites for hydroxylation is 1. The number of piperazine rings is 1. The molecule has 0 aromatic carbocycles. The van der Waals surface area contributed by atoms with E-state index >= 15 is 0 Å². The summed E-state index contributed by atoms with van der Waals surface area (Å²) in [4.78, 5) is 34.4. The van der Waals surface area contributed by atoms with Gasteiger partial charge in [0.05, 0.1) is 11.8 Å². The molecule has 0 saturated carbocycles. The molecular weight excluding hydrogens is 484 g/mol. The number of aromatic nitrogens is 5. The lowest BCUT2D eigenvalue weighted by molar-refractivity contribution is -0.158. The van der Waals surface area contributed by atoms with Crippen LogP contribution >= 0.6 is 0 Å². The van der Waals surface area contributed by atoms with Crippen molar-refractivity contribution in [3.05, 3.63) is 61.2 Å². The van der Waals surface area contributed by atoms with Crippen LogP contribution in [0, 0.1) is 0 Å². The minimum atomic E-state index is -3.71. The Bertz CT molecular complexity index is 1210. The van der Waals surface area contributed by atoms with Crippen LogP contribution in [-0.4, -0.2) is 92.3 Å². The molecular formula is C23H28N8O4S. The second kappa shape index (κ2) is 11.9. The highest BCUT2D eigenvalue weighted by Gasteiger charge is 2.32. The van der Waals surface area contributed by atoms with Crippen molar-refractivity contribution in [2.45, 2.75) is 25.3 Å². The van der Waals surface area contributed by atoms with E-state index in [4.69, 9.17) is 0 Å². The van der Waals surface area contributed by atoms with Gasteiger partial charge in [0.15, 0.2) is 0 Å². The lowest BCUT2D eigenvalue weighted by Crippen LogP contribution is -2.51. The quantitative estimate of drug-likeness (QED) is 0.224. The van der Waals surface area contributed by atoms with Gasteiger partial charge in [0.1, 0.15) is 5.82 Å². The molecule has 1 unspecified atom stereocenters. The van der Waals surface area contributed by atoms with Crippen LogP contribution in [0.2, 0.25) is 0 Å². The fraction of sp³-hybridized carbons (Fsp3) is 0.391. The van der Waals surface area contributed by atoms with Crippen LogP contribution in [0.1, 0.15) is 18.7 Å². The van der Waals surface area contributed by atoms with E-state index in [2.05, 4.69) is 24.9 Å². The molecule has 3 aromatic rings. The SMILES string of the molecule is O=CN(O)C(CCCc1ncccn1)CS(=O)(=O)N1CCN(c2ncc(-c3cccnc3)cn2)CC1. The molecule has 1 atom stereocenters. The van der Waals surface area contributed by atoms with Crippen molar-refractivity contribution in [1.29, 1.82) is 0 Å². The summed E-state index contributed by atoms with van der Waals surface area (Å²) in [5.41, 5.74) is 1.76. The monoisotopic (exact) mass is 512 g/mol. The van der Waals surface area contributed by atoms with Crippen molar-refractivity contribution in [2.75, 3.05) is 36.8 Å². The molecule has 1 aliphatic heterocycles. The minimum absolute atomic E-state index is 0.240. The number of carbonyl (C=O) groups excluding carboxylic acids is 1. The summed E-state index contributed by atoms with van der Waals surface area (Å²) in [7, 11) is -3.71. The van der Waals surface area contributed by atoms with Crippen LogP contribution in [0.15, 0.2) is 55.4 Å². The average Bonchev–Trinajstić information content (AvgIpc) is 2.93. The van der Waals surface area contributed by atoms with Crippen molar-refractivity contribution < 1.29 is 18.4 Å². The van der Waals surface area contributed by atoms with Crippen LogP contribution in [0.3, 0.4) is 0 Å². The first kappa shape index (κ1) is 25.5. The second-order valence-corrected chi connectivity index (χ2v) is 10.4. The van der Waals surface area contributed by atoms with Gasteiger partial charge >= 0.3 is 0 Å². The maximum absolute atomic E-state index is 13.1. The van der Waals surface area contributed by atoms with E-state index in [1.165, 1.54) is 4.31 Å². The number of carbonyl (C=O) groups is 1. The van der Waals surface area contributed by atoms with Gasteiger partial charge in [-0.05, 0) is 25.0 Å². The van der Waals surface area contributed by atoms with Gasteiger partial charge in [-0.15, -0.1) is 0 Å². The molecule has 190 valence electrons. The molecule has 12 nitrogen and oxygen atoms in total. The molecule has 0 aliphatic carbocycles. The third-order valence-corrected chi connectivity index (χ3v) is 7.95. The molecule has 1 fully saturated rings. The van der Waals surface area contributed by atoms with E-state index in [0.717, 1.165) is 11.1 Å². The standard InChI is InChI=1S/C23H28N8O4S/c32-18-31(33)21(5-1-6-22-25-8-3-9-26-22)17-36(34,35)30-12-10-29(11-13-30)23-27-15-20(16-28-23)19-4-2-7-24-14-19/h2-4,7-9,14-16,18,21,33H,1,5-6,10-13,17H2. The van der Waals surface area contributed by atoms with E-state index in [-0.39, 0.29) is 25.3 Å². The molecule has 1 saturated heterocycles. The van der Waals surface area contributed by atoms with E-state index in [0.29, 0.717) is 49.2 Å². The largest absolute Gasteiger partial charge is 0.338 e. The van der Waals surface area contributed by atoms with Gasteiger partial charge in [-0.25, -0.2) is 33.4 Å². The van der Waals surface area contributed by atoms with Gasteiger partial charge in [0, 0.05) is 80.9 Å². The van der Waals surface area contributed by atoms with Gasteiger partial charge in [-0.3, -0.25) is 15.0 Å². The molecule has 1 amide bonds. The van der Waals surface area contributed by atoms with Gasteiger partial charge in [0.2, 0.25) is 22.4 Å². The summed E-state index contributed by atoms with van der Waals surface area (Å²) in [5.74, 6) is 0.790. The molecule has 1 aliphatic rings. The highest BCUT2D eigenvalue weighted by molar-refractivity contribution is 7.89. The second-order valence-electron chi connectivity index (χ2n) is 8.37. The molecule has 13 heteroatoms. The predicted octanol–water partition coefficient (Wildman–Crippen LogP) is 1.02. The van der Waals surface area contributed by atoms with Crippen LogP contribution in [0.5, 0.6) is 0 Å².